The number of nitrogens with zero attached hydrogens (tertiary/aromatic N) is 4. The Morgan fingerprint density at radius 3 is 0.821 bits per heavy atom. The van der Waals surface area contributed by atoms with Gasteiger partial charge in [0.1, 0.15) is 0 Å². The molecule has 5 heterocycles. The quantitative estimate of drug-likeness (QED) is 0.122. The monoisotopic (exact) mass is 869 g/mol. The van der Waals surface area contributed by atoms with Gasteiger partial charge in [0.2, 0.25) is 0 Å². The number of ketones is 2. The predicted octanol–water partition coefficient (Wildman–Crippen LogP) is 11.0. The Morgan fingerprint density at radius 1 is 0.393 bits per heavy atom. The summed E-state index contributed by atoms with van der Waals surface area (Å²) in [5.74, 6) is -0.375. The summed E-state index contributed by atoms with van der Waals surface area (Å²) in [7, 11) is 0. The van der Waals surface area contributed by atoms with Crippen LogP contribution >= 0.6 is 0 Å². The van der Waals surface area contributed by atoms with Crippen LogP contribution in [0.1, 0.15) is 36.6 Å². The number of benzene rings is 4. The van der Waals surface area contributed by atoms with E-state index in [0.717, 1.165) is 95.8 Å². The van der Waals surface area contributed by atoms with E-state index in [1.54, 1.807) is 0 Å². The molecule has 2 aliphatic heterocycles. The number of hydrogen-bond donors (Lipinski definition) is 0. The molecule has 4 aromatic carbocycles. The topological polar surface area (TPSA) is 88.1 Å². The van der Waals surface area contributed by atoms with Gasteiger partial charge in [0.05, 0.1) is 22.8 Å². The van der Waals surface area contributed by atoms with Crippen molar-refractivity contribution in [3.05, 3.63) is 175 Å². The van der Waals surface area contributed by atoms with Crippen LogP contribution in [-0.2, 0) is 9.59 Å². The first kappa shape index (κ1) is 38.3. The van der Waals surface area contributed by atoms with E-state index in [2.05, 4.69) is 146 Å². The largest absolute Gasteiger partial charge is 3.00 e. The van der Waals surface area contributed by atoms with Crippen molar-refractivity contribution in [2.75, 3.05) is 0 Å². The zero-order chi connectivity index (χ0) is 37.7. The molecule has 1 radical (unpaired) electrons. The molecule has 7 heteroatoms. The van der Waals surface area contributed by atoms with Crippen LogP contribution in [0.4, 0.5) is 0 Å². The second-order valence-electron chi connectivity index (χ2n) is 13.2. The molecule has 0 unspecified atom stereocenters. The van der Waals surface area contributed by atoms with E-state index in [1.807, 2.05) is 24.3 Å². The minimum absolute atomic E-state index is 0. The average molecular weight is 869 g/mol. The van der Waals surface area contributed by atoms with Crippen LogP contribution in [0.15, 0.2) is 146 Å². The van der Waals surface area contributed by atoms with Gasteiger partial charge in [0.25, 0.3) is 0 Å². The van der Waals surface area contributed by atoms with Crippen LogP contribution < -0.4 is 9.97 Å². The molecular formula is C49H35GdN4O2. The summed E-state index contributed by atoms with van der Waals surface area (Å²) in [6, 6.07) is 50.0. The van der Waals surface area contributed by atoms with E-state index in [1.165, 1.54) is 13.8 Å². The Labute approximate surface area is 357 Å². The third kappa shape index (κ3) is 8.16. The number of carbonyl (C=O) groups excluding carboxylic acids is 2. The summed E-state index contributed by atoms with van der Waals surface area (Å²) in [5.41, 5.74) is 15.0. The van der Waals surface area contributed by atoms with Gasteiger partial charge in [-0.05, 0) is 82.7 Å². The van der Waals surface area contributed by atoms with Crippen molar-refractivity contribution in [1.82, 2.24) is 19.9 Å². The second kappa shape index (κ2) is 17.2. The Balaban J connectivity index is 0.000000552. The van der Waals surface area contributed by atoms with Crippen molar-refractivity contribution in [2.45, 2.75) is 13.8 Å². The molecule has 0 saturated carbocycles. The molecule has 0 amide bonds. The van der Waals surface area contributed by atoms with Crippen LogP contribution in [0.25, 0.3) is 90.9 Å². The summed E-state index contributed by atoms with van der Waals surface area (Å²) in [4.78, 5) is 41.2. The van der Waals surface area contributed by atoms with Crippen LogP contribution in [0.5, 0.6) is 0 Å². The van der Waals surface area contributed by atoms with Gasteiger partial charge in [-0.15, -0.1) is 22.1 Å². The number of rotatable bonds is 6. The van der Waals surface area contributed by atoms with Crippen molar-refractivity contribution in [1.29, 1.82) is 0 Å². The molecule has 56 heavy (non-hydrogen) atoms. The van der Waals surface area contributed by atoms with Crippen LogP contribution in [0.3, 0.4) is 0 Å². The van der Waals surface area contributed by atoms with Crippen LogP contribution in [0, 0.1) is 46.4 Å². The maximum atomic E-state index is 9.98. The summed E-state index contributed by atoms with van der Waals surface area (Å²) in [5, 5.41) is 0. The maximum absolute atomic E-state index is 9.98. The summed E-state index contributed by atoms with van der Waals surface area (Å²) >= 11 is 0. The molecule has 0 N–H and O–H groups in total. The molecule has 9 rings (SSSR count). The van der Waals surface area contributed by atoms with E-state index in [4.69, 9.17) is 19.9 Å². The molecule has 3 aromatic heterocycles. The zero-order valence-corrected chi connectivity index (χ0v) is 33.0. The molecule has 8 bridgehead atoms. The molecule has 0 atom stereocenters. The van der Waals surface area contributed by atoms with Gasteiger partial charge in [-0.2, -0.15) is 0 Å². The molecule has 2 aliphatic rings. The molecule has 0 fully saturated rings. The fourth-order valence-corrected chi connectivity index (χ4v) is 6.98. The standard InChI is InChI=1S/C44H28N4.C5H7O2.Gd/c1-5-13-29(14-6-1)41-33-21-23-35(45-33)42(30-15-7-2-8-16-30)37-25-27-39(47-37)44(32-19-11-4-12-20-32)40-28-26-38(48-40)43(31-17-9-3-10-18-31)36-24-22-34(41)46-36;1-4(6)3-5(2)7;/h1-28H;3H,1-2H3;/q-2;-1;+3. The summed E-state index contributed by atoms with van der Waals surface area (Å²) in [6.07, 6.45) is 9.46. The molecule has 271 valence electrons. The smallest absolute Gasteiger partial charge is 0.657 e. The first-order valence-electron chi connectivity index (χ1n) is 18.1. The first-order chi connectivity index (χ1) is 26.9. The molecular weight excluding hydrogens is 834 g/mol. The van der Waals surface area contributed by atoms with E-state index < -0.39 is 0 Å². The number of carbonyl (C=O) groups is 2. The van der Waals surface area contributed by atoms with Crippen LogP contribution in [0.2, 0.25) is 0 Å². The Kier molecular flexibility index (Phi) is 11.8. The first-order valence-corrected chi connectivity index (χ1v) is 18.1. The third-order valence-electron chi connectivity index (χ3n) is 9.27. The fraction of sp³-hybridized carbons (Fsp3) is 0.0408. The summed E-state index contributed by atoms with van der Waals surface area (Å²) in [6.45, 7) is 2.70. The van der Waals surface area contributed by atoms with Crippen molar-refractivity contribution >= 4 is 57.9 Å². The van der Waals surface area contributed by atoms with Gasteiger partial charge < -0.3 is 19.6 Å². The van der Waals surface area contributed by atoms with Crippen molar-refractivity contribution < 1.29 is 49.5 Å². The molecule has 0 aliphatic carbocycles. The number of hydrogen-bond acceptors (Lipinski definition) is 4. The van der Waals surface area contributed by atoms with Gasteiger partial charge in [-0.1, -0.05) is 146 Å². The average Bonchev–Trinajstić information content (AvgIpc) is 4.04. The SMILES string of the molecule is C1=Cc2nc1c(-c1ccccc1)c1ccc([n-]1)c(-c1ccccc1)c1nc(c(-c3ccccc3)c3ccc([n-]3)c2-c2ccccc2)C=C1.CC(=O)[CH-]C(C)=O.[Gd+3]. The van der Waals surface area contributed by atoms with Gasteiger partial charge >= 0.3 is 39.9 Å². The third-order valence-corrected chi connectivity index (χ3v) is 9.27. The predicted molar refractivity (Wildman–Crippen MR) is 224 cm³/mol. The summed E-state index contributed by atoms with van der Waals surface area (Å²) < 4.78 is 0. The Bertz CT molecular complexity index is 2410. The van der Waals surface area contributed by atoms with Gasteiger partial charge in [0, 0.05) is 11.6 Å². The van der Waals surface area contributed by atoms with E-state index in [9.17, 15) is 9.59 Å². The normalized spacial score (nSPS) is 11.2. The van der Waals surface area contributed by atoms with E-state index >= 15 is 0 Å². The zero-order valence-electron chi connectivity index (χ0n) is 30.7. The number of fused-ring (bicyclic) bond motifs is 8. The van der Waals surface area contributed by atoms with Gasteiger partial charge in [-0.3, -0.25) is 6.42 Å². The number of aromatic nitrogens is 4. The molecule has 0 saturated heterocycles. The van der Waals surface area contributed by atoms with Crippen molar-refractivity contribution in [3.8, 4) is 44.5 Å². The minimum atomic E-state index is -0.187. The second-order valence-corrected chi connectivity index (χ2v) is 13.2. The van der Waals surface area contributed by atoms with E-state index in [0.29, 0.717) is 0 Å². The van der Waals surface area contributed by atoms with Gasteiger partial charge in [0.15, 0.2) is 0 Å². The van der Waals surface area contributed by atoms with Crippen molar-refractivity contribution in [3.63, 3.8) is 0 Å². The molecule has 7 aromatic rings. The Morgan fingerprint density at radius 2 is 0.625 bits per heavy atom. The van der Waals surface area contributed by atoms with Crippen LogP contribution in [-0.4, -0.2) is 21.5 Å². The van der Waals surface area contributed by atoms with Gasteiger partial charge in [-0.25, -0.2) is 9.97 Å². The van der Waals surface area contributed by atoms with E-state index in [-0.39, 0.29) is 51.5 Å². The maximum Gasteiger partial charge on any atom is 3.00 e. The Hall–Kier alpha value is -5.99. The fourth-order valence-electron chi connectivity index (χ4n) is 6.98. The molecule has 6 nitrogen and oxygen atoms in total. The molecule has 0 spiro atoms. The van der Waals surface area contributed by atoms with Crippen molar-refractivity contribution in [2.24, 2.45) is 0 Å². The number of Topliss-reactive ketones (excluding diaryl/α,β-unsaturated/α-hetero) is 2. The minimum Gasteiger partial charge on any atom is -0.657 e.